The topological polar surface area (TPSA) is 72.9 Å². The average Bonchev–Trinajstić information content (AvgIpc) is 2.89. The van der Waals surface area contributed by atoms with Crippen LogP contribution in [0.3, 0.4) is 0 Å². The van der Waals surface area contributed by atoms with Crippen LogP contribution in [0.15, 0.2) is 91.2 Å². The molecule has 0 amide bonds. The van der Waals surface area contributed by atoms with Gasteiger partial charge in [0.25, 0.3) is 0 Å². The van der Waals surface area contributed by atoms with Crippen molar-refractivity contribution < 1.29 is 13.6 Å². The fraction of sp³-hybridized carbons (Fsp3) is 0.200. The molecule has 0 aliphatic rings. The number of hydrogen-bond donors (Lipinski definition) is 0. The van der Waals surface area contributed by atoms with Gasteiger partial charge in [0, 0.05) is 47.2 Å². The van der Waals surface area contributed by atoms with Crippen molar-refractivity contribution in [3.05, 3.63) is 93.6 Å². The monoisotopic (exact) mass is 481 g/mol. The first-order chi connectivity index (χ1) is 17.5. The number of rotatable bonds is 7. The summed E-state index contributed by atoms with van der Waals surface area (Å²) in [4.78, 5) is 27.9. The van der Waals surface area contributed by atoms with E-state index < -0.39 is 11.3 Å². The summed E-state index contributed by atoms with van der Waals surface area (Å²) in [6.45, 7) is 8.48. The van der Waals surface area contributed by atoms with Crippen LogP contribution in [0.25, 0.3) is 44.2 Å². The van der Waals surface area contributed by atoms with Crippen LogP contribution in [0.1, 0.15) is 20.8 Å². The van der Waals surface area contributed by atoms with Crippen LogP contribution in [0.2, 0.25) is 0 Å². The van der Waals surface area contributed by atoms with Crippen LogP contribution in [0, 0.1) is 0 Å². The first-order valence-corrected chi connectivity index (χ1v) is 12.2. The maximum Gasteiger partial charge on any atom is 0.344 e. The Morgan fingerprint density at radius 1 is 0.778 bits per heavy atom. The molecule has 0 radical (unpaired) electrons. The first-order valence-electron chi connectivity index (χ1n) is 12.2. The Morgan fingerprint density at radius 3 is 2.28 bits per heavy atom. The first kappa shape index (κ1) is 23.4. The number of anilines is 1. The summed E-state index contributed by atoms with van der Waals surface area (Å²) in [5.41, 5.74) is 3.40. The third-order valence-electron chi connectivity index (χ3n) is 6.39. The predicted molar refractivity (Wildman–Crippen MR) is 144 cm³/mol. The molecule has 0 fully saturated rings. The van der Waals surface area contributed by atoms with Crippen molar-refractivity contribution >= 4 is 27.6 Å². The Hall–Kier alpha value is -4.32. The summed E-state index contributed by atoms with van der Waals surface area (Å²) in [7, 11) is 0. The molecule has 0 N–H and O–H groups in total. The Kier molecular flexibility index (Phi) is 6.34. The number of ether oxygens (including phenoxy) is 1. The van der Waals surface area contributed by atoms with Crippen LogP contribution in [-0.2, 0) is 0 Å². The fourth-order valence-corrected chi connectivity index (χ4v) is 4.61. The maximum absolute atomic E-state index is 13.0. The number of fused-ring (bicyclic) bond motifs is 2. The molecular formula is C30H27NO5. The lowest BCUT2D eigenvalue weighted by molar-refractivity contribution is 0.340. The highest BCUT2D eigenvalue weighted by Crippen LogP contribution is 2.34. The van der Waals surface area contributed by atoms with Gasteiger partial charge in [0.15, 0.2) is 0 Å². The molecule has 5 rings (SSSR count). The van der Waals surface area contributed by atoms with Gasteiger partial charge in [0.2, 0.25) is 0 Å². The molecule has 0 aliphatic heterocycles. The number of para-hydroxylation sites is 1. The normalized spacial score (nSPS) is 11.2. The molecule has 6 nitrogen and oxygen atoms in total. The number of benzene rings is 3. The highest BCUT2D eigenvalue weighted by Gasteiger charge is 2.17. The van der Waals surface area contributed by atoms with Gasteiger partial charge in [-0.25, -0.2) is 9.59 Å². The molecule has 0 saturated heterocycles. The molecule has 2 aromatic heterocycles. The van der Waals surface area contributed by atoms with Gasteiger partial charge >= 0.3 is 11.3 Å². The highest BCUT2D eigenvalue weighted by molar-refractivity contribution is 6.01. The predicted octanol–water partition coefficient (Wildman–Crippen LogP) is 6.48. The molecule has 5 aromatic rings. The summed E-state index contributed by atoms with van der Waals surface area (Å²) >= 11 is 0. The van der Waals surface area contributed by atoms with Crippen LogP contribution < -0.4 is 20.9 Å². The van der Waals surface area contributed by atoms with Gasteiger partial charge in [0.05, 0.1) is 12.2 Å². The number of hydrogen-bond acceptors (Lipinski definition) is 6. The second-order valence-corrected chi connectivity index (χ2v) is 8.46. The maximum atomic E-state index is 13.0. The minimum absolute atomic E-state index is 0.328. The lowest BCUT2D eigenvalue weighted by Gasteiger charge is -2.21. The van der Waals surface area contributed by atoms with Crippen molar-refractivity contribution in [2.24, 2.45) is 0 Å². The minimum atomic E-state index is -0.514. The molecule has 0 aliphatic carbocycles. The van der Waals surface area contributed by atoms with E-state index in [1.807, 2.05) is 43.3 Å². The fourth-order valence-electron chi connectivity index (χ4n) is 4.61. The van der Waals surface area contributed by atoms with Gasteiger partial charge < -0.3 is 18.5 Å². The van der Waals surface area contributed by atoms with E-state index in [0.29, 0.717) is 34.6 Å². The number of nitrogens with zero attached hydrogens (tertiary/aromatic N) is 1. The van der Waals surface area contributed by atoms with E-state index in [0.717, 1.165) is 40.7 Å². The standard InChI is InChI=1S/C30H27NO5/c1-4-31(5-2)21-13-10-19(11-14-21)25-18-28(32)36-29-23(25)8-7-9-24(29)26-16-20-12-15-22(34-6-3)17-27(20)35-30(26)33/h7-18H,4-6H2,1-3H3. The summed E-state index contributed by atoms with van der Waals surface area (Å²) in [6.07, 6.45) is 0. The quantitative estimate of drug-likeness (QED) is 0.248. The van der Waals surface area contributed by atoms with Crippen molar-refractivity contribution in [2.75, 3.05) is 24.6 Å². The van der Waals surface area contributed by atoms with Crippen LogP contribution in [0.4, 0.5) is 5.69 Å². The van der Waals surface area contributed by atoms with E-state index in [-0.39, 0.29) is 0 Å². The summed E-state index contributed by atoms with van der Waals surface area (Å²) in [6, 6.07) is 22.3. The molecular weight excluding hydrogens is 454 g/mol. The molecule has 182 valence electrons. The zero-order chi connectivity index (χ0) is 25.2. The SMILES string of the molecule is CCOc1ccc2cc(-c3cccc4c(-c5ccc(N(CC)CC)cc5)cc(=O)oc34)c(=O)oc2c1. The third kappa shape index (κ3) is 4.26. The van der Waals surface area contributed by atoms with E-state index in [1.54, 1.807) is 18.2 Å². The second-order valence-electron chi connectivity index (χ2n) is 8.46. The van der Waals surface area contributed by atoms with Crippen molar-refractivity contribution in [2.45, 2.75) is 20.8 Å². The lowest BCUT2D eigenvalue weighted by atomic mass is 9.97. The van der Waals surface area contributed by atoms with E-state index in [2.05, 4.69) is 30.9 Å². The molecule has 0 bridgehead atoms. The highest BCUT2D eigenvalue weighted by atomic mass is 16.5. The average molecular weight is 482 g/mol. The molecule has 36 heavy (non-hydrogen) atoms. The molecule has 6 heteroatoms. The molecule has 2 heterocycles. The van der Waals surface area contributed by atoms with Gasteiger partial charge in [-0.2, -0.15) is 0 Å². The minimum Gasteiger partial charge on any atom is -0.494 e. The Balaban J connectivity index is 1.66. The van der Waals surface area contributed by atoms with Gasteiger partial charge in [-0.15, -0.1) is 0 Å². The van der Waals surface area contributed by atoms with Crippen molar-refractivity contribution in [3.63, 3.8) is 0 Å². The van der Waals surface area contributed by atoms with Crippen molar-refractivity contribution in [3.8, 4) is 28.0 Å². The lowest BCUT2D eigenvalue weighted by Crippen LogP contribution is -2.21. The molecule has 0 spiro atoms. The Morgan fingerprint density at radius 2 is 1.56 bits per heavy atom. The van der Waals surface area contributed by atoms with Gasteiger partial charge in [-0.1, -0.05) is 30.3 Å². The van der Waals surface area contributed by atoms with Crippen LogP contribution >= 0.6 is 0 Å². The molecule has 0 atom stereocenters. The summed E-state index contributed by atoms with van der Waals surface area (Å²) in [5, 5.41) is 1.49. The second kappa shape index (κ2) is 9.74. The Bertz CT molecular complexity index is 1660. The van der Waals surface area contributed by atoms with Gasteiger partial charge in [-0.3, -0.25) is 0 Å². The zero-order valence-corrected chi connectivity index (χ0v) is 20.5. The summed E-state index contributed by atoms with van der Waals surface area (Å²) < 4.78 is 16.8. The third-order valence-corrected chi connectivity index (χ3v) is 6.39. The molecule has 0 saturated carbocycles. The molecule has 0 unspecified atom stereocenters. The van der Waals surface area contributed by atoms with Crippen molar-refractivity contribution in [1.29, 1.82) is 0 Å². The zero-order valence-electron chi connectivity index (χ0n) is 20.5. The van der Waals surface area contributed by atoms with E-state index in [1.165, 1.54) is 6.07 Å². The van der Waals surface area contributed by atoms with Gasteiger partial charge in [0.1, 0.15) is 16.9 Å². The largest absolute Gasteiger partial charge is 0.494 e. The summed E-state index contributed by atoms with van der Waals surface area (Å²) in [5.74, 6) is 0.633. The van der Waals surface area contributed by atoms with Crippen LogP contribution in [-0.4, -0.2) is 19.7 Å². The Labute approximate surface area is 208 Å². The van der Waals surface area contributed by atoms with Gasteiger partial charge in [-0.05, 0) is 62.2 Å². The van der Waals surface area contributed by atoms with E-state index >= 15 is 0 Å². The van der Waals surface area contributed by atoms with E-state index in [4.69, 9.17) is 13.6 Å². The van der Waals surface area contributed by atoms with E-state index in [9.17, 15) is 9.59 Å². The molecule has 3 aromatic carbocycles. The van der Waals surface area contributed by atoms with Crippen molar-refractivity contribution in [1.82, 2.24) is 0 Å². The van der Waals surface area contributed by atoms with Crippen LogP contribution in [0.5, 0.6) is 5.75 Å². The smallest absolute Gasteiger partial charge is 0.344 e.